The molecule has 1 heterocycles. The molecule has 0 aromatic carbocycles. The summed E-state index contributed by atoms with van der Waals surface area (Å²) in [6, 6.07) is 0. The highest BCUT2D eigenvalue weighted by molar-refractivity contribution is 7.85. The molecule has 0 bridgehead atoms. The third-order valence-corrected chi connectivity index (χ3v) is 11.3. The fraction of sp³-hybridized carbons (Fsp3) is 0.755. The van der Waals surface area contributed by atoms with E-state index in [0.717, 1.165) is 57.8 Å². The van der Waals surface area contributed by atoms with Gasteiger partial charge in [-0.15, -0.1) is 0 Å². The average molecular weight is 897 g/mol. The maximum Gasteiger partial charge on any atom is 0.306 e. The van der Waals surface area contributed by atoms with Crippen molar-refractivity contribution in [2.24, 2.45) is 0 Å². The Morgan fingerprint density at radius 1 is 0.548 bits per heavy atom. The van der Waals surface area contributed by atoms with Crippen LogP contribution in [0.1, 0.15) is 181 Å². The number of allylic oxidation sites excluding steroid dienone is 10. The fourth-order valence-electron chi connectivity index (χ4n) is 6.85. The van der Waals surface area contributed by atoms with Gasteiger partial charge in [0, 0.05) is 12.8 Å². The van der Waals surface area contributed by atoms with Crippen LogP contribution < -0.4 is 0 Å². The van der Waals surface area contributed by atoms with Crippen molar-refractivity contribution in [3.63, 3.8) is 0 Å². The number of hydrogen-bond donors (Lipinski definition) is 4. The number of ether oxygens (including phenoxy) is 4. The highest BCUT2D eigenvalue weighted by Crippen LogP contribution is 2.24. The molecule has 0 saturated carbocycles. The van der Waals surface area contributed by atoms with Crippen LogP contribution in [0.4, 0.5) is 0 Å². The van der Waals surface area contributed by atoms with Gasteiger partial charge in [-0.2, -0.15) is 8.42 Å². The molecule has 1 aliphatic rings. The van der Waals surface area contributed by atoms with Gasteiger partial charge in [0.15, 0.2) is 12.4 Å². The summed E-state index contributed by atoms with van der Waals surface area (Å²) >= 11 is 0. The molecule has 0 aliphatic carbocycles. The SMILES string of the molecule is CCCCC/C=C/C/C=C/C/C=C/C/C=C/CCCCCC(=O)O[C@H](COC(=O)CC/C=C/CCCCCCCCCCCCC)CO[C@H]1O[C@H](CS(=O)(=O)O)[C@@H](O)C(O)C1O. The van der Waals surface area contributed by atoms with E-state index in [1.165, 1.54) is 83.5 Å². The number of hydrogen-bond acceptors (Lipinski definition) is 11. The number of aliphatic hydroxyl groups excluding tert-OH is 3. The quantitative estimate of drug-likeness (QED) is 0.0198. The zero-order chi connectivity index (χ0) is 45.5. The van der Waals surface area contributed by atoms with Gasteiger partial charge >= 0.3 is 11.9 Å². The molecule has 0 amide bonds. The smallest absolute Gasteiger partial charge is 0.306 e. The van der Waals surface area contributed by atoms with Crippen LogP contribution in [-0.4, -0.2) is 96.0 Å². The molecule has 0 aromatic rings. The largest absolute Gasteiger partial charge is 0.462 e. The van der Waals surface area contributed by atoms with E-state index in [2.05, 4.69) is 68.5 Å². The second-order valence-corrected chi connectivity index (χ2v) is 17.9. The van der Waals surface area contributed by atoms with Gasteiger partial charge < -0.3 is 34.3 Å². The first-order valence-corrected chi connectivity index (χ1v) is 25.5. The molecule has 6 atom stereocenters. The third-order valence-electron chi connectivity index (χ3n) is 10.6. The number of esters is 2. The van der Waals surface area contributed by atoms with E-state index in [1.54, 1.807) is 0 Å². The first-order chi connectivity index (χ1) is 30.0. The van der Waals surface area contributed by atoms with Crippen LogP contribution >= 0.6 is 0 Å². The summed E-state index contributed by atoms with van der Waals surface area (Å²) in [4.78, 5) is 25.4. The lowest BCUT2D eigenvalue weighted by Gasteiger charge is -2.40. The summed E-state index contributed by atoms with van der Waals surface area (Å²) in [6.45, 7) is 3.67. The molecule has 0 aromatic heterocycles. The lowest BCUT2D eigenvalue weighted by atomic mass is 10.00. The van der Waals surface area contributed by atoms with E-state index in [1.807, 2.05) is 6.08 Å². The Kier molecular flexibility index (Phi) is 35.9. The van der Waals surface area contributed by atoms with Crippen molar-refractivity contribution in [3.8, 4) is 0 Å². The Balaban J connectivity index is 2.48. The van der Waals surface area contributed by atoms with Gasteiger partial charge in [0.2, 0.25) is 0 Å². The molecule has 2 unspecified atom stereocenters. The van der Waals surface area contributed by atoms with Crippen molar-refractivity contribution < 1.29 is 56.8 Å². The van der Waals surface area contributed by atoms with Gasteiger partial charge in [-0.25, -0.2) is 0 Å². The third kappa shape index (κ3) is 32.9. The molecule has 358 valence electrons. The van der Waals surface area contributed by atoms with E-state index >= 15 is 0 Å². The summed E-state index contributed by atoms with van der Waals surface area (Å²) < 4.78 is 54.0. The minimum absolute atomic E-state index is 0.118. The molecule has 13 heteroatoms. The van der Waals surface area contributed by atoms with Gasteiger partial charge in [0.25, 0.3) is 10.1 Å². The Labute approximate surface area is 375 Å². The zero-order valence-corrected chi connectivity index (χ0v) is 39.0. The molecule has 12 nitrogen and oxygen atoms in total. The zero-order valence-electron chi connectivity index (χ0n) is 38.2. The van der Waals surface area contributed by atoms with Gasteiger partial charge in [-0.1, -0.05) is 158 Å². The lowest BCUT2D eigenvalue weighted by Crippen LogP contribution is -2.60. The van der Waals surface area contributed by atoms with Crippen molar-refractivity contribution in [2.75, 3.05) is 19.0 Å². The topological polar surface area (TPSA) is 186 Å². The average Bonchev–Trinajstić information content (AvgIpc) is 3.24. The minimum atomic E-state index is -4.61. The van der Waals surface area contributed by atoms with Gasteiger partial charge in [0.05, 0.1) is 6.61 Å². The number of aliphatic hydroxyl groups is 3. The molecule has 62 heavy (non-hydrogen) atoms. The second kappa shape index (κ2) is 38.8. The summed E-state index contributed by atoms with van der Waals surface area (Å²) in [5, 5.41) is 30.9. The molecule has 1 fully saturated rings. The summed E-state index contributed by atoms with van der Waals surface area (Å²) in [7, 11) is -4.61. The first-order valence-electron chi connectivity index (χ1n) is 23.8. The monoisotopic (exact) mass is 897 g/mol. The normalized spacial score (nSPS) is 20.4. The standard InChI is InChI=1S/C49H84O12S/c1-3-5-7-9-11-13-15-17-19-20-21-22-24-26-28-30-32-34-36-38-45(51)60-42(40-59-49-48(54)47(53)46(52)43(61-49)41-62(55,56)57)39-58-44(50)37-35-33-31-29-27-25-23-18-16-14-12-10-8-6-4-2/h11,13,17,19,21-22,26,28,31,33,42-43,46-49,52-54H,3-10,12,14-16,18,20,23-25,27,29-30,32,34-41H2,1-2H3,(H,55,56,57)/b13-11+,19-17+,22-21+,28-26+,33-31+/t42-,43-,46-,47?,48?,49+/m1/s1. The van der Waals surface area contributed by atoms with Crippen molar-refractivity contribution >= 4 is 22.1 Å². The molecule has 4 N–H and O–H groups in total. The molecular formula is C49H84O12S. The van der Waals surface area contributed by atoms with E-state index in [0.29, 0.717) is 12.8 Å². The Morgan fingerprint density at radius 3 is 1.55 bits per heavy atom. The Morgan fingerprint density at radius 2 is 1.00 bits per heavy atom. The maximum absolute atomic E-state index is 12.8. The molecule has 0 spiro atoms. The second-order valence-electron chi connectivity index (χ2n) is 16.4. The summed E-state index contributed by atoms with van der Waals surface area (Å²) in [6.07, 6.45) is 38.4. The van der Waals surface area contributed by atoms with Crippen LogP contribution in [0.3, 0.4) is 0 Å². The van der Waals surface area contributed by atoms with Crippen molar-refractivity contribution in [3.05, 3.63) is 60.8 Å². The van der Waals surface area contributed by atoms with Crippen LogP contribution in [-0.2, 0) is 38.7 Å². The van der Waals surface area contributed by atoms with Crippen molar-refractivity contribution in [1.29, 1.82) is 0 Å². The Hall–Kier alpha value is -2.65. The maximum atomic E-state index is 12.8. The van der Waals surface area contributed by atoms with Crippen LogP contribution in [0.2, 0.25) is 0 Å². The van der Waals surface area contributed by atoms with Gasteiger partial charge in [-0.05, 0) is 70.6 Å². The van der Waals surface area contributed by atoms with Crippen LogP contribution in [0.5, 0.6) is 0 Å². The highest BCUT2D eigenvalue weighted by Gasteiger charge is 2.46. The summed E-state index contributed by atoms with van der Waals surface area (Å²) in [5.41, 5.74) is 0. The first kappa shape index (κ1) is 57.4. The van der Waals surface area contributed by atoms with Crippen LogP contribution in [0.25, 0.3) is 0 Å². The van der Waals surface area contributed by atoms with E-state index in [9.17, 15) is 37.9 Å². The van der Waals surface area contributed by atoms with Crippen LogP contribution in [0, 0.1) is 0 Å². The Bertz CT molecular complexity index is 1370. The predicted octanol–water partition coefficient (Wildman–Crippen LogP) is 10.1. The van der Waals surface area contributed by atoms with E-state index in [4.69, 9.17) is 18.9 Å². The van der Waals surface area contributed by atoms with Crippen molar-refractivity contribution in [2.45, 2.75) is 218 Å². The van der Waals surface area contributed by atoms with Gasteiger partial charge in [0.1, 0.15) is 36.8 Å². The molecule has 1 saturated heterocycles. The predicted molar refractivity (Wildman–Crippen MR) is 247 cm³/mol. The van der Waals surface area contributed by atoms with Crippen molar-refractivity contribution in [1.82, 2.24) is 0 Å². The summed E-state index contributed by atoms with van der Waals surface area (Å²) in [5.74, 6) is -2.09. The number of carbonyl (C=O) groups is 2. The van der Waals surface area contributed by atoms with E-state index in [-0.39, 0.29) is 19.4 Å². The number of unbranched alkanes of at least 4 members (excludes halogenated alkanes) is 17. The van der Waals surface area contributed by atoms with Gasteiger partial charge in [-0.3, -0.25) is 14.1 Å². The number of rotatable bonds is 39. The molecule has 0 radical (unpaired) electrons. The molecule has 1 rings (SSSR count). The number of carbonyl (C=O) groups excluding carboxylic acids is 2. The lowest BCUT2D eigenvalue weighted by molar-refractivity contribution is -0.297. The fourth-order valence-corrected chi connectivity index (χ4v) is 7.54. The molecule has 1 aliphatic heterocycles. The van der Waals surface area contributed by atoms with Crippen LogP contribution in [0.15, 0.2) is 60.8 Å². The highest BCUT2D eigenvalue weighted by atomic mass is 32.2. The minimum Gasteiger partial charge on any atom is -0.462 e. The molecular weight excluding hydrogens is 813 g/mol. The van der Waals surface area contributed by atoms with E-state index < -0.39 is 71.2 Å².